The molecule has 0 aromatic rings. The molecule has 0 aromatic heterocycles. The van der Waals surface area contributed by atoms with Gasteiger partial charge < -0.3 is 15.0 Å². The molecule has 1 rings (SSSR count). The first-order chi connectivity index (χ1) is 6.79. The molecule has 0 spiro atoms. The van der Waals surface area contributed by atoms with Crippen molar-refractivity contribution in [3.63, 3.8) is 0 Å². The van der Waals surface area contributed by atoms with E-state index in [0.717, 1.165) is 6.54 Å². The molecular weight excluding hydrogens is 182 g/mol. The molecule has 78 valence electrons. The molecule has 5 heteroatoms. The van der Waals surface area contributed by atoms with Gasteiger partial charge in [0.2, 0.25) is 5.91 Å². The smallest absolute Gasteiger partial charge is 0.240 e. The van der Waals surface area contributed by atoms with Gasteiger partial charge in [-0.2, -0.15) is 5.26 Å². The van der Waals surface area contributed by atoms with Gasteiger partial charge in [0, 0.05) is 26.7 Å². The fourth-order valence-electron chi connectivity index (χ4n) is 1.47. The lowest BCUT2D eigenvalue weighted by atomic mass is 10.1. The van der Waals surface area contributed by atoms with E-state index in [-0.39, 0.29) is 18.4 Å². The van der Waals surface area contributed by atoms with E-state index >= 15 is 0 Å². The van der Waals surface area contributed by atoms with Crippen LogP contribution >= 0.6 is 0 Å². The minimum Gasteiger partial charge on any atom is -0.383 e. The molecule has 5 nitrogen and oxygen atoms in total. The van der Waals surface area contributed by atoms with Gasteiger partial charge in [0.15, 0.2) is 0 Å². The third-order valence-corrected chi connectivity index (χ3v) is 2.24. The van der Waals surface area contributed by atoms with Gasteiger partial charge in [0.05, 0.1) is 19.1 Å². The number of piperazine rings is 1. The summed E-state index contributed by atoms with van der Waals surface area (Å²) in [6.45, 7) is 2.61. The molecule has 1 fully saturated rings. The van der Waals surface area contributed by atoms with Gasteiger partial charge in [0.1, 0.15) is 6.04 Å². The Morgan fingerprint density at radius 1 is 1.79 bits per heavy atom. The summed E-state index contributed by atoms with van der Waals surface area (Å²) in [5, 5.41) is 11.5. The number of rotatable bonds is 4. The lowest BCUT2D eigenvalue weighted by Gasteiger charge is -2.31. The van der Waals surface area contributed by atoms with E-state index in [0.29, 0.717) is 19.7 Å². The summed E-state index contributed by atoms with van der Waals surface area (Å²) in [5.41, 5.74) is 0. The maximum absolute atomic E-state index is 11.7. The number of amides is 1. The standard InChI is InChI=1S/C9H15N3O2/c1-14-7-6-12-5-4-11-8(2-3-10)9(12)13/h8,11H,2,4-7H2,1H3. The van der Waals surface area contributed by atoms with Crippen LogP contribution in [-0.2, 0) is 9.53 Å². The van der Waals surface area contributed by atoms with Crippen LogP contribution in [0.4, 0.5) is 0 Å². The molecule has 1 N–H and O–H groups in total. The van der Waals surface area contributed by atoms with Crippen LogP contribution in [0.1, 0.15) is 6.42 Å². The summed E-state index contributed by atoms with van der Waals surface area (Å²) in [6, 6.07) is 1.68. The summed E-state index contributed by atoms with van der Waals surface area (Å²) >= 11 is 0. The molecule has 1 amide bonds. The second-order valence-corrected chi connectivity index (χ2v) is 3.19. The van der Waals surface area contributed by atoms with Crippen LogP contribution in [0.3, 0.4) is 0 Å². The highest BCUT2D eigenvalue weighted by atomic mass is 16.5. The quantitative estimate of drug-likeness (QED) is 0.650. The zero-order chi connectivity index (χ0) is 10.4. The molecule has 1 atom stereocenters. The number of carbonyl (C=O) groups is 1. The number of nitrogens with zero attached hydrogens (tertiary/aromatic N) is 2. The van der Waals surface area contributed by atoms with Gasteiger partial charge in [-0.25, -0.2) is 0 Å². The summed E-state index contributed by atoms with van der Waals surface area (Å²) in [5.74, 6) is 0.00912. The Morgan fingerprint density at radius 2 is 2.57 bits per heavy atom. The molecule has 0 saturated carbocycles. The second kappa shape index (κ2) is 5.58. The third kappa shape index (κ3) is 2.69. The van der Waals surface area contributed by atoms with E-state index in [2.05, 4.69) is 5.32 Å². The average molecular weight is 197 g/mol. The number of nitriles is 1. The number of hydrogen-bond donors (Lipinski definition) is 1. The zero-order valence-electron chi connectivity index (χ0n) is 8.32. The minimum atomic E-state index is -0.328. The first kappa shape index (κ1) is 11.0. The van der Waals surface area contributed by atoms with Crippen molar-refractivity contribution in [1.29, 1.82) is 5.26 Å². The number of hydrogen-bond acceptors (Lipinski definition) is 4. The summed E-state index contributed by atoms with van der Waals surface area (Å²) in [6.07, 6.45) is 0.238. The Balaban J connectivity index is 2.44. The predicted molar refractivity (Wildman–Crippen MR) is 50.5 cm³/mol. The van der Waals surface area contributed by atoms with Gasteiger partial charge in [-0.1, -0.05) is 0 Å². The molecule has 0 radical (unpaired) electrons. The Kier molecular flexibility index (Phi) is 4.36. The first-order valence-corrected chi connectivity index (χ1v) is 4.67. The van der Waals surface area contributed by atoms with Crippen molar-refractivity contribution in [2.75, 3.05) is 33.4 Å². The molecule has 14 heavy (non-hydrogen) atoms. The Morgan fingerprint density at radius 3 is 3.21 bits per heavy atom. The highest BCUT2D eigenvalue weighted by molar-refractivity contribution is 5.82. The number of methoxy groups -OCH3 is 1. The Labute approximate surface area is 83.6 Å². The van der Waals surface area contributed by atoms with E-state index in [1.807, 2.05) is 6.07 Å². The van der Waals surface area contributed by atoms with Crippen LogP contribution in [0.15, 0.2) is 0 Å². The molecule has 1 aliphatic heterocycles. The van der Waals surface area contributed by atoms with E-state index in [1.165, 1.54) is 0 Å². The van der Waals surface area contributed by atoms with E-state index in [1.54, 1.807) is 12.0 Å². The Bertz CT molecular complexity index is 237. The van der Waals surface area contributed by atoms with Crippen LogP contribution in [-0.4, -0.2) is 50.2 Å². The predicted octanol–water partition coefficient (Wildman–Crippen LogP) is -0.653. The van der Waals surface area contributed by atoms with E-state index in [9.17, 15) is 4.79 Å². The molecule has 0 aromatic carbocycles. The third-order valence-electron chi connectivity index (χ3n) is 2.24. The minimum absolute atomic E-state index is 0.00912. The number of carbonyl (C=O) groups excluding carboxylic acids is 1. The monoisotopic (exact) mass is 197 g/mol. The normalized spacial score (nSPS) is 22.1. The molecule has 1 aliphatic rings. The molecule has 1 heterocycles. The highest BCUT2D eigenvalue weighted by Gasteiger charge is 2.27. The lowest BCUT2D eigenvalue weighted by molar-refractivity contribution is -0.136. The zero-order valence-corrected chi connectivity index (χ0v) is 8.32. The maximum atomic E-state index is 11.7. The van der Waals surface area contributed by atoms with Crippen molar-refractivity contribution < 1.29 is 9.53 Å². The number of ether oxygens (including phenoxy) is 1. The molecular formula is C9H15N3O2. The Hall–Kier alpha value is -1.12. The second-order valence-electron chi connectivity index (χ2n) is 3.19. The van der Waals surface area contributed by atoms with Gasteiger partial charge in [-0.05, 0) is 0 Å². The molecule has 0 bridgehead atoms. The average Bonchev–Trinajstić information content (AvgIpc) is 2.20. The van der Waals surface area contributed by atoms with Crippen molar-refractivity contribution in [2.24, 2.45) is 0 Å². The number of nitrogens with one attached hydrogen (secondary N) is 1. The largest absolute Gasteiger partial charge is 0.383 e. The van der Waals surface area contributed by atoms with Crippen LogP contribution in [0.25, 0.3) is 0 Å². The van der Waals surface area contributed by atoms with Crippen LogP contribution < -0.4 is 5.32 Å². The first-order valence-electron chi connectivity index (χ1n) is 4.67. The summed E-state index contributed by atoms with van der Waals surface area (Å²) in [7, 11) is 1.61. The fraction of sp³-hybridized carbons (Fsp3) is 0.778. The maximum Gasteiger partial charge on any atom is 0.240 e. The van der Waals surface area contributed by atoms with Crippen molar-refractivity contribution in [1.82, 2.24) is 10.2 Å². The SMILES string of the molecule is COCCN1CCNC(CC#N)C1=O. The van der Waals surface area contributed by atoms with Crippen molar-refractivity contribution in [3.8, 4) is 6.07 Å². The van der Waals surface area contributed by atoms with E-state index < -0.39 is 0 Å². The van der Waals surface area contributed by atoms with Gasteiger partial charge >= 0.3 is 0 Å². The van der Waals surface area contributed by atoms with Crippen molar-refractivity contribution >= 4 is 5.91 Å². The summed E-state index contributed by atoms with van der Waals surface area (Å²) < 4.78 is 4.91. The van der Waals surface area contributed by atoms with Crippen LogP contribution in [0.5, 0.6) is 0 Å². The highest BCUT2D eigenvalue weighted by Crippen LogP contribution is 2.03. The molecule has 1 saturated heterocycles. The van der Waals surface area contributed by atoms with Crippen molar-refractivity contribution in [2.45, 2.75) is 12.5 Å². The fourth-order valence-corrected chi connectivity index (χ4v) is 1.47. The van der Waals surface area contributed by atoms with Gasteiger partial charge in [-0.15, -0.1) is 0 Å². The topological polar surface area (TPSA) is 65.4 Å². The van der Waals surface area contributed by atoms with Crippen LogP contribution in [0, 0.1) is 11.3 Å². The van der Waals surface area contributed by atoms with E-state index in [4.69, 9.17) is 10.00 Å². The summed E-state index contributed by atoms with van der Waals surface area (Å²) in [4.78, 5) is 13.4. The van der Waals surface area contributed by atoms with Crippen molar-refractivity contribution in [3.05, 3.63) is 0 Å². The van der Waals surface area contributed by atoms with Crippen LogP contribution in [0.2, 0.25) is 0 Å². The van der Waals surface area contributed by atoms with Gasteiger partial charge in [0.25, 0.3) is 0 Å². The lowest BCUT2D eigenvalue weighted by Crippen LogP contribution is -2.55. The molecule has 0 aliphatic carbocycles. The van der Waals surface area contributed by atoms with Gasteiger partial charge in [-0.3, -0.25) is 4.79 Å². The molecule has 1 unspecified atom stereocenters.